The van der Waals surface area contributed by atoms with Crippen molar-refractivity contribution in [1.82, 2.24) is 5.32 Å². The van der Waals surface area contributed by atoms with Crippen molar-refractivity contribution in [2.24, 2.45) is 0 Å². The Morgan fingerprint density at radius 1 is 0.903 bits per heavy atom. The number of carbonyl (C=O) groups is 2. The molecule has 1 atom stereocenters. The van der Waals surface area contributed by atoms with Gasteiger partial charge in [-0.25, -0.2) is 9.18 Å². The maximum atomic E-state index is 13.8. The average molecular weight is 417 g/mol. The van der Waals surface area contributed by atoms with Crippen molar-refractivity contribution in [3.05, 3.63) is 102 Å². The van der Waals surface area contributed by atoms with Crippen LogP contribution in [0.15, 0.2) is 84.9 Å². The first-order chi connectivity index (χ1) is 15.1. The van der Waals surface area contributed by atoms with E-state index in [1.54, 1.807) is 12.1 Å². The van der Waals surface area contributed by atoms with Crippen molar-refractivity contribution in [3.8, 4) is 0 Å². The number of amides is 3. The molecule has 6 heteroatoms. The Bertz CT molecular complexity index is 1100. The zero-order chi connectivity index (χ0) is 22.2. The number of para-hydroxylation sites is 2. The van der Waals surface area contributed by atoms with E-state index in [1.807, 2.05) is 68.4 Å². The van der Waals surface area contributed by atoms with E-state index in [2.05, 4.69) is 16.0 Å². The molecular formula is C25H24FN3O2. The smallest absolute Gasteiger partial charge is 0.320 e. The summed E-state index contributed by atoms with van der Waals surface area (Å²) in [7, 11) is 0. The molecule has 3 aromatic carbocycles. The Morgan fingerprint density at radius 2 is 1.55 bits per heavy atom. The van der Waals surface area contributed by atoms with Gasteiger partial charge in [-0.05, 0) is 35.4 Å². The maximum absolute atomic E-state index is 13.8. The van der Waals surface area contributed by atoms with Gasteiger partial charge in [0.2, 0.25) is 0 Å². The summed E-state index contributed by atoms with van der Waals surface area (Å²) in [6.45, 7) is 4.00. The predicted molar refractivity (Wildman–Crippen MR) is 122 cm³/mol. The highest BCUT2D eigenvalue weighted by Crippen LogP contribution is 2.32. The number of benzene rings is 3. The van der Waals surface area contributed by atoms with Crippen LogP contribution in [0.4, 0.5) is 20.6 Å². The molecule has 1 aliphatic heterocycles. The molecule has 1 heterocycles. The normalized spacial score (nSPS) is 14.6. The van der Waals surface area contributed by atoms with Crippen molar-refractivity contribution < 1.29 is 14.0 Å². The summed E-state index contributed by atoms with van der Waals surface area (Å²) in [5.41, 5.74) is 3.28. The highest BCUT2D eigenvalue weighted by atomic mass is 19.1. The Hall–Kier alpha value is -3.93. The third-order valence-electron chi connectivity index (χ3n) is 4.58. The molecule has 0 saturated heterocycles. The van der Waals surface area contributed by atoms with Crippen LogP contribution in [0.5, 0.6) is 0 Å². The number of anilines is 2. The van der Waals surface area contributed by atoms with Gasteiger partial charge in [0.1, 0.15) is 11.9 Å². The molecule has 1 aliphatic rings. The standard InChI is InChI=1S/C23H18FN3O2.C2H6/c24-18-11-5-7-13-20(18)26-23(29)27-21-14-17(15-8-2-1-3-9-15)16-10-4-6-12-19(16)25-22(21)28;1-2/h1-14,21H,(H,25,28)(H2,26,27,29);1-2H3. The minimum atomic E-state index is -0.940. The fourth-order valence-electron chi connectivity index (χ4n) is 3.21. The zero-order valence-corrected chi connectivity index (χ0v) is 17.4. The van der Waals surface area contributed by atoms with Crippen LogP contribution < -0.4 is 16.0 Å². The largest absolute Gasteiger partial charge is 0.323 e. The summed E-state index contributed by atoms with van der Waals surface area (Å²) < 4.78 is 13.8. The Morgan fingerprint density at radius 3 is 2.29 bits per heavy atom. The summed E-state index contributed by atoms with van der Waals surface area (Å²) in [6.07, 6.45) is 1.71. The monoisotopic (exact) mass is 417 g/mol. The van der Waals surface area contributed by atoms with Crippen LogP contribution in [-0.2, 0) is 4.79 Å². The van der Waals surface area contributed by atoms with Crippen LogP contribution in [0.2, 0.25) is 0 Å². The molecule has 31 heavy (non-hydrogen) atoms. The van der Waals surface area contributed by atoms with Crippen LogP contribution in [0.25, 0.3) is 5.57 Å². The molecule has 0 aromatic heterocycles. The molecule has 3 aromatic rings. The van der Waals surface area contributed by atoms with Gasteiger partial charge >= 0.3 is 6.03 Å². The summed E-state index contributed by atoms with van der Waals surface area (Å²) in [5, 5.41) is 7.90. The fourth-order valence-corrected chi connectivity index (χ4v) is 3.21. The van der Waals surface area contributed by atoms with Gasteiger partial charge in [-0.15, -0.1) is 0 Å². The van der Waals surface area contributed by atoms with Crippen molar-refractivity contribution in [2.45, 2.75) is 19.9 Å². The molecule has 1 unspecified atom stereocenters. The van der Waals surface area contributed by atoms with Crippen LogP contribution in [0, 0.1) is 5.82 Å². The van der Waals surface area contributed by atoms with Gasteiger partial charge in [0.15, 0.2) is 0 Å². The second-order valence-electron chi connectivity index (χ2n) is 6.54. The summed E-state index contributed by atoms with van der Waals surface area (Å²) in [4.78, 5) is 25.1. The first-order valence-electron chi connectivity index (χ1n) is 10.1. The number of hydrogen-bond donors (Lipinski definition) is 3. The minimum Gasteiger partial charge on any atom is -0.323 e. The lowest BCUT2D eigenvalue weighted by molar-refractivity contribution is -0.116. The van der Waals surface area contributed by atoms with Crippen molar-refractivity contribution >= 4 is 28.9 Å². The molecule has 4 rings (SSSR count). The molecule has 0 radical (unpaired) electrons. The van der Waals surface area contributed by atoms with Crippen LogP contribution in [-0.4, -0.2) is 18.0 Å². The molecule has 3 N–H and O–H groups in total. The number of fused-ring (bicyclic) bond motifs is 1. The number of nitrogens with one attached hydrogen (secondary N) is 3. The molecule has 5 nitrogen and oxygen atoms in total. The van der Waals surface area contributed by atoms with Gasteiger partial charge in [-0.2, -0.15) is 0 Å². The van der Waals surface area contributed by atoms with Gasteiger partial charge in [-0.1, -0.05) is 74.5 Å². The highest BCUT2D eigenvalue weighted by molar-refractivity contribution is 6.06. The van der Waals surface area contributed by atoms with E-state index in [0.717, 1.165) is 16.7 Å². The second kappa shape index (κ2) is 10.2. The lowest BCUT2D eigenvalue weighted by atomic mass is 9.96. The van der Waals surface area contributed by atoms with Crippen molar-refractivity contribution in [1.29, 1.82) is 0 Å². The van der Waals surface area contributed by atoms with E-state index in [-0.39, 0.29) is 11.6 Å². The zero-order valence-electron chi connectivity index (χ0n) is 17.4. The van der Waals surface area contributed by atoms with Crippen molar-refractivity contribution in [2.75, 3.05) is 10.6 Å². The van der Waals surface area contributed by atoms with Crippen LogP contribution in [0.1, 0.15) is 25.0 Å². The number of urea groups is 1. The molecule has 0 spiro atoms. The third kappa shape index (κ3) is 5.17. The number of halogens is 1. The molecule has 0 aliphatic carbocycles. The number of carbonyl (C=O) groups excluding carboxylic acids is 2. The Balaban J connectivity index is 0.00000132. The minimum absolute atomic E-state index is 0.0366. The Kier molecular flexibility index (Phi) is 7.17. The number of rotatable bonds is 3. The second-order valence-corrected chi connectivity index (χ2v) is 6.54. The first kappa shape index (κ1) is 21.8. The van der Waals surface area contributed by atoms with E-state index >= 15 is 0 Å². The summed E-state index contributed by atoms with van der Waals surface area (Å²) in [5.74, 6) is -0.937. The van der Waals surface area contributed by atoms with Gasteiger partial charge in [0.05, 0.1) is 5.69 Å². The number of hydrogen-bond acceptors (Lipinski definition) is 2. The van der Waals surface area contributed by atoms with Gasteiger partial charge in [0, 0.05) is 11.3 Å². The molecular weight excluding hydrogens is 393 g/mol. The molecule has 0 fully saturated rings. The van der Waals surface area contributed by atoms with Gasteiger partial charge in [-0.3, -0.25) is 4.79 Å². The Labute approximate surface area is 181 Å². The fraction of sp³-hybridized carbons (Fsp3) is 0.120. The molecule has 158 valence electrons. The highest BCUT2D eigenvalue weighted by Gasteiger charge is 2.25. The quantitative estimate of drug-likeness (QED) is 0.532. The topological polar surface area (TPSA) is 70.2 Å². The van der Waals surface area contributed by atoms with Crippen LogP contribution >= 0.6 is 0 Å². The molecule has 0 saturated carbocycles. The SMILES string of the molecule is CC.O=C(Nc1ccccc1F)NC1C=C(c2ccccc2)c2ccccc2NC1=O. The van der Waals surface area contributed by atoms with E-state index in [1.165, 1.54) is 18.2 Å². The van der Waals surface area contributed by atoms with Gasteiger partial charge in [0.25, 0.3) is 5.91 Å². The van der Waals surface area contributed by atoms with Gasteiger partial charge < -0.3 is 16.0 Å². The maximum Gasteiger partial charge on any atom is 0.320 e. The van der Waals surface area contributed by atoms with E-state index in [4.69, 9.17) is 0 Å². The lowest BCUT2D eigenvalue weighted by Crippen LogP contribution is -2.44. The van der Waals surface area contributed by atoms with E-state index in [0.29, 0.717) is 5.69 Å². The van der Waals surface area contributed by atoms with E-state index in [9.17, 15) is 14.0 Å². The first-order valence-corrected chi connectivity index (χ1v) is 10.1. The van der Waals surface area contributed by atoms with Crippen LogP contribution in [0.3, 0.4) is 0 Å². The third-order valence-corrected chi connectivity index (χ3v) is 4.58. The molecule has 0 bridgehead atoms. The summed E-state index contributed by atoms with van der Waals surface area (Å²) >= 11 is 0. The van der Waals surface area contributed by atoms with Crippen molar-refractivity contribution in [3.63, 3.8) is 0 Å². The predicted octanol–water partition coefficient (Wildman–Crippen LogP) is 5.43. The average Bonchev–Trinajstić information content (AvgIpc) is 2.94. The summed E-state index contributed by atoms with van der Waals surface area (Å²) in [6, 6.07) is 21.3. The lowest BCUT2D eigenvalue weighted by Gasteiger charge is -2.15. The van der Waals surface area contributed by atoms with E-state index < -0.39 is 17.9 Å². The molecule has 3 amide bonds.